The highest BCUT2D eigenvalue weighted by Crippen LogP contribution is 2.14. The Hall–Kier alpha value is -1.31. The van der Waals surface area contributed by atoms with Crippen LogP contribution in [0.5, 0.6) is 5.75 Å². The third kappa shape index (κ3) is 5.35. The molecule has 0 aliphatic carbocycles. The van der Waals surface area contributed by atoms with Crippen LogP contribution in [0.3, 0.4) is 0 Å². The Morgan fingerprint density at radius 2 is 1.83 bits per heavy atom. The fourth-order valence-corrected chi connectivity index (χ4v) is 3.49. The summed E-state index contributed by atoms with van der Waals surface area (Å²) in [5.74, 6) is 0.871. The van der Waals surface area contributed by atoms with Gasteiger partial charge in [0.15, 0.2) is 0 Å². The SMILES string of the molecule is COc1ccc(CN(CC#N)C[Si](C)(C)C)cc1. The number of nitriles is 1. The first-order chi connectivity index (χ1) is 8.44. The van der Waals surface area contributed by atoms with Crippen molar-refractivity contribution in [1.82, 2.24) is 4.90 Å². The Morgan fingerprint density at radius 3 is 2.28 bits per heavy atom. The zero-order chi connectivity index (χ0) is 13.6. The van der Waals surface area contributed by atoms with Gasteiger partial charge in [0.1, 0.15) is 5.75 Å². The van der Waals surface area contributed by atoms with Crippen LogP contribution in [0.15, 0.2) is 24.3 Å². The summed E-state index contributed by atoms with van der Waals surface area (Å²) in [6, 6.07) is 10.3. The number of nitrogens with zero attached hydrogens (tertiary/aromatic N) is 2. The van der Waals surface area contributed by atoms with E-state index in [1.807, 2.05) is 12.1 Å². The number of hydrogen-bond donors (Lipinski definition) is 0. The zero-order valence-corrected chi connectivity index (χ0v) is 12.7. The summed E-state index contributed by atoms with van der Waals surface area (Å²) in [4.78, 5) is 2.23. The second-order valence-electron chi connectivity index (χ2n) is 5.71. The quantitative estimate of drug-likeness (QED) is 0.584. The Bertz CT molecular complexity index is 403. The molecule has 1 aromatic carbocycles. The van der Waals surface area contributed by atoms with E-state index in [1.54, 1.807) is 7.11 Å². The predicted molar refractivity (Wildman–Crippen MR) is 77.2 cm³/mol. The molecular weight excluding hydrogens is 240 g/mol. The first-order valence-corrected chi connectivity index (χ1v) is 9.87. The number of benzene rings is 1. The van der Waals surface area contributed by atoms with E-state index in [1.165, 1.54) is 5.56 Å². The number of methoxy groups -OCH3 is 1. The summed E-state index contributed by atoms with van der Waals surface area (Å²) in [5.41, 5.74) is 1.23. The smallest absolute Gasteiger partial charge is 0.118 e. The Morgan fingerprint density at radius 1 is 1.22 bits per heavy atom. The van der Waals surface area contributed by atoms with Crippen molar-refractivity contribution in [1.29, 1.82) is 5.26 Å². The van der Waals surface area contributed by atoms with Crippen LogP contribution >= 0.6 is 0 Å². The molecule has 0 unspecified atom stereocenters. The maximum atomic E-state index is 8.90. The van der Waals surface area contributed by atoms with Gasteiger partial charge in [-0.15, -0.1) is 0 Å². The van der Waals surface area contributed by atoms with Crippen LogP contribution in [0.2, 0.25) is 19.6 Å². The Balaban J connectivity index is 2.67. The van der Waals surface area contributed by atoms with Gasteiger partial charge in [-0.05, 0) is 23.9 Å². The van der Waals surface area contributed by atoms with Gasteiger partial charge in [-0.2, -0.15) is 5.26 Å². The van der Waals surface area contributed by atoms with Crippen molar-refractivity contribution in [2.45, 2.75) is 26.2 Å². The van der Waals surface area contributed by atoms with Crippen molar-refractivity contribution < 1.29 is 4.74 Å². The second kappa shape index (κ2) is 6.57. The van der Waals surface area contributed by atoms with Crippen LogP contribution in [-0.2, 0) is 6.54 Å². The molecule has 0 aliphatic rings. The minimum absolute atomic E-state index is 0.496. The van der Waals surface area contributed by atoms with Crippen LogP contribution in [0, 0.1) is 11.3 Å². The highest BCUT2D eigenvalue weighted by atomic mass is 28.3. The van der Waals surface area contributed by atoms with Gasteiger partial charge in [0.25, 0.3) is 0 Å². The molecule has 0 saturated carbocycles. The molecule has 4 heteroatoms. The normalized spacial score (nSPS) is 11.3. The van der Waals surface area contributed by atoms with Crippen molar-refractivity contribution >= 4 is 8.07 Å². The fraction of sp³-hybridized carbons (Fsp3) is 0.500. The maximum absolute atomic E-state index is 8.90. The lowest BCUT2D eigenvalue weighted by Crippen LogP contribution is -2.40. The van der Waals surface area contributed by atoms with E-state index in [9.17, 15) is 0 Å². The summed E-state index contributed by atoms with van der Waals surface area (Å²) in [5, 5.41) is 8.90. The average Bonchev–Trinajstić information content (AvgIpc) is 2.28. The van der Waals surface area contributed by atoms with Crippen molar-refractivity contribution in [2.24, 2.45) is 0 Å². The molecule has 0 N–H and O–H groups in total. The average molecular weight is 262 g/mol. The summed E-state index contributed by atoms with van der Waals surface area (Å²) in [7, 11) is 0.490. The van der Waals surface area contributed by atoms with Crippen molar-refractivity contribution in [3.8, 4) is 11.8 Å². The third-order valence-electron chi connectivity index (χ3n) is 2.56. The van der Waals surface area contributed by atoms with Crippen LogP contribution in [-0.4, -0.2) is 32.8 Å². The molecule has 0 fully saturated rings. The molecule has 0 atom stereocenters. The van der Waals surface area contributed by atoms with E-state index in [0.29, 0.717) is 6.54 Å². The zero-order valence-electron chi connectivity index (χ0n) is 11.7. The van der Waals surface area contributed by atoms with E-state index in [0.717, 1.165) is 18.5 Å². The number of ether oxygens (including phenoxy) is 1. The molecule has 1 aromatic rings. The van der Waals surface area contributed by atoms with E-state index in [-0.39, 0.29) is 0 Å². The van der Waals surface area contributed by atoms with Crippen molar-refractivity contribution in [2.75, 3.05) is 19.8 Å². The molecule has 0 radical (unpaired) electrons. The maximum Gasteiger partial charge on any atom is 0.118 e. The van der Waals surface area contributed by atoms with E-state index >= 15 is 0 Å². The molecule has 0 heterocycles. The lowest BCUT2D eigenvalue weighted by Gasteiger charge is -2.26. The molecular formula is C14H22N2OSi. The Kier molecular flexibility index (Phi) is 5.39. The van der Waals surface area contributed by atoms with Gasteiger partial charge in [0.2, 0.25) is 0 Å². The minimum atomic E-state index is -1.18. The standard InChI is InChI=1S/C14H22N2OSi/c1-17-14-7-5-13(6-8-14)11-16(10-9-15)12-18(2,3)4/h5-8H,10-12H2,1-4H3. The third-order valence-corrected chi connectivity index (χ3v) is 3.95. The monoisotopic (exact) mass is 262 g/mol. The number of rotatable bonds is 6. The topological polar surface area (TPSA) is 36.3 Å². The van der Waals surface area contributed by atoms with Gasteiger partial charge >= 0.3 is 0 Å². The van der Waals surface area contributed by atoms with E-state index in [4.69, 9.17) is 10.00 Å². The molecule has 0 aromatic heterocycles. The van der Waals surface area contributed by atoms with E-state index < -0.39 is 8.07 Å². The van der Waals surface area contributed by atoms with Crippen LogP contribution in [0.4, 0.5) is 0 Å². The minimum Gasteiger partial charge on any atom is -0.497 e. The lowest BCUT2D eigenvalue weighted by molar-refractivity contribution is 0.341. The highest BCUT2D eigenvalue weighted by molar-refractivity contribution is 6.76. The predicted octanol–water partition coefficient (Wildman–Crippen LogP) is 2.90. The van der Waals surface area contributed by atoms with Gasteiger partial charge < -0.3 is 4.74 Å². The molecule has 0 saturated heterocycles. The van der Waals surface area contributed by atoms with Gasteiger partial charge in [-0.25, -0.2) is 0 Å². The largest absolute Gasteiger partial charge is 0.497 e. The van der Waals surface area contributed by atoms with Crippen LogP contribution in [0.25, 0.3) is 0 Å². The molecule has 0 aliphatic heterocycles. The summed E-state index contributed by atoms with van der Waals surface area (Å²) < 4.78 is 5.14. The summed E-state index contributed by atoms with van der Waals surface area (Å²) in [6.45, 7) is 8.31. The van der Waals surface area contributed by atoms with Crippen molar-refractivity contribution in [3.05, 3.63) is 29.8 Å². The molecule has 98 valence electrons. The fourth-order valence-electron chi connectivity index (χ4n) is 1.93. The highest BCUT2D eigenvalue weighted by Gasteiger charge is 2.18. The van der Waals surface area contributed by atoms with E-state index in [2.05, 4.69) is 42.7 Å². The van der Waals surface area contributed by atoms with Crippen LogP contribution < -0.4 is 4.74 Å². The molecule has 18 heavy (non-hydrogen) atoms. The molecule has 0 amide bonds. The Labute approximate surface area is 111 Å². The van der Waals surface area contributed by atoms with Gasteiger partial charge in [0.05, 0.1) is 27.8 Å². The van der Waals surface area contributed by atoms with Crippen LogP contribution in [0.1, 0.15) is 5.56 Å². The lowest BCUT2D eigenvalue weighted by atomic mass is 10.2. The number of hydrogen-bond acceptors (Lipinski definition) is 3. The first kappa shape index (κ1) is 14.7. The van der Waals surface area contributed by atoms with Crippen molar-refractivity contribution in [3.63, 3.8) is 0 Å². The molecule has 0 bridgehead atoms. The first-order valence-electron chi connectivity index (χ1n) is 6.17. The summed E-state index contributed by atoms with van der Waals surface area (Å²) >= 11 is 0. The molecule has 1 rings (SSSR count). The van der Waals surface area contributed by atoms with Gasteiger partial charge in [-0.3, -0.25) is 4.90 Å². The van der Waals surface area contributed by atoms with Gasteiger partial charge in [-0.1, -0.05) is 31.8 Å². The molecule has 3 nitrogen and oxygen atoms in total. The second-order valence-corrected chi connectivity index (χ2v) is 11.1. The molecule has 0 spiro atoms. The van der Waals surface area contributed by atoms with Gasteiger partial charge in [0, 0.05) is 6.54 Å². The summed E-state index contributed by atoms with van der Waals surface area (Å²) in [6.07, 6.45) is 1.05.